The molecule has 1 atom stereocenters. The number of anilines is 1. The molecule has 4 rings (SSSR count). The second-order valence-corrected chi connectivity index (χ2v) is 8.32. The fourth-order valence-electron chi connectivity index (χ4n) is 3.76. The minimum atomic E-state index is -0.721. The van der Waals surface area contributed by atoms with Gasteiger partial charge in [0.15, 0.2) is 0 Å². The topological polar surface area (TPSA) is 97.9 Å². The number of carbonyl (C=O) groups is 2. The van der Waals surface area contributed by atoms with Crippen LogP contribution >= 0.6 is 0 Å². The second kappa shape index (κ2) is 8.89. The van der Waals surface area contributed by atoms with Gasteiger partial charge in [-0.3, -0.25) is 14.5 Å². The first-order valence-corrected chi connectivity index (χ1v) is 10.6. The summed E-state index contributed by atoms with van der Waals surface area (Å²) in [6, 6.07) is 7.48. The summed E-state index contributed by atoms with van der Waals surface area (Å²) >= 11 is 0. The molecule has 1 aliphatic heterocycles. The average molecular weight is 439 g/mol. The lowest BCUT2D eigenvalue weighted by atomic mass is 10.1. The van der Waals surface area contributed by atoms with Crippen LogP contribution in [0.25, 0.3) is 0 Å². The van der Waals surface area contributed by atoms with Crippen LogP contribution in [0.4, 0.5) is 10.2 Å². The van der Waals surface area contributed by atoms with Crippen molar-refractivity contribution in [2.45, 2.75) is 45.8 Å². The minimum absolute atomic E-state index is 0.0329. The van der Waals surface area contributed by atoms with E-state index in [0.29, 0.717) is 36.6 Å². The van der Waals surface area contributed by atoms with E-state index in [1.54, 1.807) is 46.9 Å². The van der Waals surface area contributed by atoms with E-state index in [2.05, 4.69) is 20.5 Å². The molecule has 0 radical (unpaired) electrons. The molecule has 2 amide bonds. The van der Waals surface area contributed by atoms with Crippen LogP contribution in [0.1, 0.15) is 42.3 Å². The lowest BCUT2D eigenvalue weighted by Gasteiger charge is -2.19. The van der Waals surface area contributed by atoms with E-state index >= 15 is 0 Å². The predicted molar refractivity (Wildman–Crippen MR) is 116 cm³/mol. The number of nitrogens with one attached hydrogen (secondary N) is 1. The van der Waals surface area contributed by atoms with Gasteiger partial charge in [-0.05, 0) is 18.4 Å². The third kappa shape index (κ3) is 4.39. The summed E-state index contributed by atoms with van der Waals surface area (Å²) in [7, 11) is 1.66. The molecule has 0 aliphatic carbocycles. The van der Waals surface area contributed by atoms with Crippen molar-refractivity contribution >= 4 is 17.6 Å². The van der Waals surface area contributed by atoms with Crippen molar-refractivity contribution in [1.82, 2.24) is 29.9 Å². The van der Waals surface area contributed by atoms with Crippen molar-refractivity contribution in [2.24, 2.45) is 5.92 Å². The molecule has 0 saturated heterocycles. The third-order valence-corrected chi connectivity index (χ3v) is 5.42. The molecule has 10 heteroatoms. The predicted octanol–water partition coefficient (Wildman–Crippen LogP) is 2.03. The van der Waals surface area contributed by atoms with Crippen LogP contribution in [0.5, 0.6) is 0 Å². The van der Waals surface area contributed by atoms with E-state index in [0.717, 1.165) is 0 Å². The highest BCUT2D eigenvalue weighted by molar-refractivity contribution is 6.00. The highest BCUT2D eigenvalue weighted by Gasteiger charge is 2.31. The first kappa shape index (κ1) is 21.7. The summed E-state index contributed by atoms with van der Waals surface area (Å²) in [5, 5.41) is 11.3. The summed E-state index contributed by atoms with van der Waals surface area (Å²) in [6.07, 6.45) is 2.62. The number of carbonyl (C=O) groups excluding carboxylic acids is 2. The smallest absolute Gasteiger partial charge is 0.291 e. The fourth-order valence-corrected chi connectivity index (χ4v) is 3.76. The van der Waals surface area contributed by atoms with Gasteiger partial charge in [0, 0.05) is 31.6 Å². The lowest BCUT2D eigenvalue weighted by molar-refractivity contribution is -0.120. The molecule has 2 aromatic heterocycles. The molecule has 0 fully saturated rings. The Morgan fingerprint density at radius 2 is 2.06 bits per heavy atom. The Balaban J connectivity index is 1.54. The quantitative estimate of drug-likeness (QED) is 0.634. The van der Waals surface area contributed by atoms with Gasteiger partial charge in [-0.2, -0.15) is 5.10 Å². The Morgan fingerprint density at radius 1 is 1.28 bits per heavy atom. The molecule has 1 N–H and O–H groups in total. The normalized spacial score (nSPS) is 16.2. The van der Waals surface area contributed by atoms with Crippen LogP contribution in [0, 0.1) is 11.7 Å². The molecule has 1 aliphatic rings. The number of benzene rings is 1. The Hall–Kier alpha value is -3.56. The van der Waals surface area contributed by atoms with E-state index in [4.69, 9.17) is 0 Å². The highest BCUT2D eigenvalue weighted by atomic mass is 19.1. The Labute approximate surface area is 185 Å². The monoisotopic (exact) mass is 439 g/mol. The molecular formula is C22H26FN7O2. The number of halogens is 1. The van der Waals surface area contributed by atoms with Gasteiger partial charge in [0.25, 0.3) is 11.8 Å². The summed E-state index contributed by atoms with van der Waals surface area (Å²) in [6.45, 7) is 4.73. The number of hydrogen-bond acceptors (Lipinski definition) is 5. The van der Waals surface area contributed by atoms with Crippen LogP contribution in [0.15, 0.2) is 36.5 Å². The van der Waals surface area contributed by atoms with Gasteiger partial charge >= 0.3 is 0 Å². The number of hydrogen-bond donors (Lipinski definition) is 1. The molecule has 9 nitrogen and oxygen atoms in total. The van der Waals surface area contributed by atoms with Gasteiger partial charge < -0.3 is 5.32 Å². The number of aromatic nitrogens is 5. The maximum absolute atomic E-state index is 14.2. The van der Waals surface area contributed by atoms with Crippen molar-refractivity contribution in [3.05, 3.63) is 59.6 Å². The van der Waals surface area contributed by atoms with Crippen LogP contribution < -0.4 is 10.2 Å². The van der Waals surface area contributed by atoms with Crippen LogP contribution in [0.2, 0.25) is 0 Å². The van der Waals surface area contributed by atoms with Crippen molar-refractivity contribution in [3.8, 4) is 0 Å². The number of fused-ring (bicyclic) bond motifs is 1. The number of likely N-dealkylation sites (N-methyl/N-ethyl adjacent to an activating group) is 1. The van der Waals surface area contributed by atoms with E-state index in [-0.39, 0.29) is 30.0 Å². The van der Waals surface area contributed by atoms with E-state index < -0.39 is 11.9 Å². The van der Waals surface area contributed by atoms with Gasteiger partial charge in [-0.25, -0.2) is 18.7 Å². The molecule has 1 aromatic carbocycles. The van der Waals surface area contributed by atoms with Crippen LogP contribution in [-0.2, 0) is 24.3 Å². The molecule has 3 aromatic rings. The van der Waals surface area contributed by atoms with E-state index in [9.17, 15) is 14.0 Å². The van der Waals surface area contributed by atoms with Crippen LogP contribution in [-0.4, -0.2) is 49.4 Å². The molecule has 0 spiro atoms. The number of rotatable bonds is 6. The number of nitrogens with zero attached hydrogens (tertiary/aromatic N) is 6. The summed E-state index contributed by atoms with van der Waals surface area (Å²) < 4.78 is 17.4. The van der Waals surface area contributed by atoms with Gasteiger partial charge in [0.05, 0.1) is 12.7 Å². The van der Waals surface area contributed by atoms with Crippen molar-refractivity contribution in [3.63, 3.8) is 0 Å². The largest absolute Gasteiger partial charge is 0.337 e. The molecule has 0 unspecified atom stereocenters. The lowest BCUT2D eigenvalue weighted by Crippen LogP contribution is -2.47. The average Bonchev–Trinajstić information content (AvgIpc) is 3.36. The Kier molecular flexibility index (Phi) is 6.02. The Bertz CT molecular complexity index is 1140. The van der Waals surface area contributed by atoms with Crippen LogP contribution in [0.3, 0.4) is 0 Å². The number of aryl methyl sites for hydroxylation is 1. The third-order valence-electron chi connectivity index (χ3n) is 5.42. The van der Waals surface area contributed by atoms with Gasteiger partial charge in [-0.1, -0.05) is 32.0 Å². The molecule has 0 bridgehead atoms. The second-order valence-electron chi connectivity index (χ2n) is 8.32. The van der Waals surface area contributed by atoms with Crippen molar-refractivity contribution < 1.29 is 14.0 Å². The zero-order valence-electron chi connectivity index (χ0n) is 18.3. The standard InChI is InChI=1S/C22H26FN7O2/c1-14(2)12-18-26-20(27-30(18)13-15-6-4-5-7-16(15)23)21(31)25-17-9-11-29-19(8-10-24-29)28(3)22(17)32/h4-8,10,14,17H,9,11-13H2,1-3H3,(H,25,31)/t17-/m0/s1. The summed E-state index contributed by atoms with van der Waals surface area (Å²) in [5.41, 5.74) is 0.462. The first-order chi connectivity index (χ1) is 15.3. The molecule has 3 heterocycles. The summed E-state index contributed by atoms with van der Waals surface area (Å²) in [5.74, 6) is 0.410. The Morgan fingerprint density at radius 3 is 2.81 bits per heavy atom. The SMILES string of the molecule is CC(C)Cc1nc(C(=O)N[C@H]2CCn3nccc3N(C)C2=O)nn1Cc1ccccc1F. The van der Waals surface area contributed by atoms with Gasteiger partial charge in [0.2, 0.25) is 5.82 Å². The maximum atomic E-state index is 14.2. The first-order valence-electron chi connectivity index (χ1n) is 10.6. The highest BCUT2D eigenvalue weighted by Crippen LogP contribution is 2.19. The van der Waals surface area contributed by atoms with Gasteiger partial charge in [-0.15, -0.1) is 5.10 Å². The zero-order valence-corrected chi connectivity index (χ0v) is 18.3. The minimum Gasteiger partial charge on any atom is -0.337 e. The van der Waals surface area contributed by atoms with E-state index in [1.807, 2.05) is 13.8 Å². The van der Waals surface area contributed by atoms with E-state index in [1.165, 1.54) is 11.0 Å². The van der Waals surface area contributed by atoms with Gasteiger partial charge in [0.1, 0.15) is 23.5 Å². The zero-order chi connectivity index (χ0) is 22.8. The summed E-state index contributed by atoms with van der Waals surface area (Å²) in [4.78, 5) is 31.7. The van der Waals surface area contributed by atoms with Crippen molar-refractivity contribution in [2.75, 3.05) is 11.9 Å². The molecule has 168 valence electrons. The molecule has 32 heavy (non-hydrogen) atoms. The maximum Gasteiger partial charge on any atom is 0.291 e. The number of amides is 2. The molecular weight excluding hydrogens is 413 g/mol. The van der Waals surface area contributed by atoms with Crippen molar-refractivity contribution in [1.29, 1.82) is 0 Å². The molecule has 0 saturated carbocycles. The fraction of sp³-hybridized carbons (Fsp3) is 0.409.